The summed E-state index contributed by atoms with van der Waals surface area (Å²) >= 11 is 0. The Morgan fingerprint density at radius 1 is 1.22 bits per heavy atom. The predicted octanol–water partition coefficient (Wildman–Crippen LogP) is 5.48. The number of ether oxygens (including phenoxy) is 3. The maximum atomic E-state index is 13.3. The van der Waals surface area contributed by atoms with E-state index in [-0.39, 0.29) is 11.8 Å². The second-order valence-electron chi connectivity index (χ2n) is 8.87. The van der Waals surface area contributed by atoms with Crippen molar-refractivity contribution in [1.82, 2.24) is 0 Å². The van der Waals surface area contributed by atoms with Gasteiger partial charge in [0.1, 0.15) is 5.60 Å². The van der Waals surface area contributed by atoms with E-state index >= 15 is 0 Å². The maximum Gasteiger partial charge on any atom is 0.230 e. The van der Waals surface area contributed by atoms with Gasteiger partial charge in [-0.25, -0.2) is 0 Å². The Hall–Kier alpha value is -3.05. The van der Waals surface area contributed by atoms with Crippen LogP contribution in [0.5, 0.6) is 11.5 Å². The van der Waals surface area contributed by atoms with Crippen molar-refractivity contribution in [3.63, 3.8) is 0 Å². The molecule has 1 aliphatic heterocycles. The van der Waals surface area contributed by atoms with Crippen LogP contribution in [0, 0.1) is 5.92 Å². The monoisotopic (exact) mass is 433 g/mol. The van der Waals surface area contributed by atoms with Gasteiger partial charge in [-0.05, 0) is 50.5 Å². The van der Waals surface area contributed by atoms with Crippen LogP contribution in [-0.2, 0) is 16.1 Å². The van der Waals surface area contributed by atoms with Gasteiger partial charge in [0, 0.05) is 29.8 Å². The van der Waals surface area contributed by atoms with Crippen LogP contribution in [0.3, 0.4) is 0 Å². The molecular formula is C27H31NO4. The first-order chi connectivity index (χ1) is 15.4. The molecule has 1 saturated carbocycles. The number of rotatable bonds is 8. The van der Waals surface area contributed by atoms with Crippen LogP contribution >= 0.6 is 0 Å². The van der Waals surface area contributed by atoms with Gasteiger partial charge in [-0.1, -0.05) is 42.5 Å². The first kappa shape index (κ1) is 22.2. The summed E-state index contributed by atoms with van der Waals surface area (Å²) in [4.78, 5) is 15.2. The normalized spacial score (nSPS) is 16.5. The number of hydrogen-bond donors (Lipinski definition) is 0. The molecule has 0 N–H and O–H groups in total. The zero-order valence-electron chi connectivity index (χ0n) is 19.3. The number of hydrogen-bond acceptors (Lipinski definition) is 4. The van der Waals surface area contributed by atoms with Crippen molar-refractivity contribution in [2.24, 2.45) is 5.92 Å². The Morgan fingerprint density at radius 3 is 2.75 bits per heavy atom. The van der Waals surface area contributed by atoms with Crippen LogP contribution in [0.4, 0.5) is 5.69 Å². The minimum absolute atomic E-state index is 0.101. The molecule has 2 aromatic rings. The van der Waals surface area contributed by atoms with E-state index in [0.717, 1.165) is 41.0 Å². The lowest BCUT2D eigenvalue weighted by molar-refractivity contribution is -0.119. The van der Waals surface area contributed by atoms with Crippen molar-refractivity contribution >= 4 is 23.7 Å². The van der Waals surface area contributed by atoms with Crippen molar-refractivity contribution in [3.8, 4) is 11.5 Å². The van der Waals surface area contributed by atoms with Gasteiger partial charge in [0.2, 0.25) is 5.91 Å². The summed E-state index contributed by atoms with van der Waals surface area (Å²) < 4.78 is 17.1. The molecule has 5 nitrogen and oxygen atoms in total. The molecule has 4 rings (SSSR count). The lowest BCUT2D eigenvalue weighted by Crippen LogP contribution is -2.32. The molecule has 0 bridgehead atoms. The zero-order valence-corrected chi connectivity index (χ0v) is 19.3. The van der Waals surface area contributed by atoms with Crippen molar-refractivity contribution in [3.05, 3.63) is 65.2 Å². The van der Waals surface area contributed by atoms with Gasteiger partial charge in [-0.3, -0.25) is 4.79 Å². The quantitative estimate of drug-likeness (QED) is 0.553. The molecule has 0 atom stereocenters. The number of amides is 1. The number of methoxy groups -OCH3 is 2. The number of nitrogens with zero attached hydrogens (tertiary/aromatic N) is 1. The lowest BCUT2D eigenvalue weighted by Gasteiger charge is -2.31. The number of carbonyl (C=O) groups excluding carboxylic acids is 1. The van der Waals surface area contributed by atoms with Gasteiger partial charge in [0.25, 0.3) is 0 Å². The highest BCUT2D eigenvalue weighted by Gasteiger charge is 2.35. The number of fused-ring (bicyclic) bond motifs is 1. The first-order valence-electron chi connectivity index (χ1n) is 11.1. The molecule has 0 unspecified atom stereocenters. The first-order valence-corrected chi connectivity index (χ1v) is 11.1. The zero-order chi connectivity index (χ0) is 22.7. The molecule has 168 valence electrons. The molecule has 0 saturated heterocycles. The Kier molecular flexibility index (Phi) is 6.38. The van der Waals surface area contributed by atoms with Crippen LogP contribution in [-0.4, -0.2) is 32.3 Å². The SMILES string of the molecule is COC/C=C/c1cccc(N(Cc2ccc3c(c2OC)OC(C)(C)C=C3)C(=O)C2CC2)c1. The molecule has 0 spiro atoms. The molecule has 2 aromatic carbocycles. The molecule has 32 heavy (non-hydrogen) atoms. The Bertz CT molecular complexity index is 1050. The Balaban J connectivity index is 1.69. The summed E-state index contributed by atoms with van der Waals surface area (Å²) in [5, 5.41) is 0. The molecule has 1 heterocycles. The van der Waals surface area contributed by atoms with Crippen molar-refractivity contribution in [1.29, 1.82) is 0 Å². The third kappa shape index (κ3) is 4.89. The third-order valence-electron chi connectivity index (χ3n) is 5.73. The average Bonchev–Trinajstić information content (AvgIpc) is 3.62. The standard InChI is InChI=1S/C27H31NO4/c1-27(2)15-14-20-10-13-22(24(31-4)25(20)32-27)18-28(26(29)21-11-12-21)23-9-5-7-19(17-23)8-6-16-30-3/h5-10,13-15,17,21H,11-12,16,18H2,1-4H3/b8-6+. The molecule has 1 fully saturated rings. The topological polar surface area (TPSA) is 48.0 Å². The van der Waals surface area contributed by atoms with Crippen LogP contribution in [0.15, 0.2) is 48.6 Å². The van der Waals surface area contributed by atoms with Crippen molar-refractivity contribution < 1.29 is 19.0 Å². The second-order valence-corrected chi connectivity index (χ2v) is 8.87. The van der Waals surface area contributed by atoms with Gasteiger partial charge in [0.15, 0.2) is 11.5 Å². The van der Waals surface area contributed by atoms with E-state index in [1.165, 1.54) is 0 Å². The number of carbonyl (C=O) groups is 1. The molecule has 2 aliphatic rings. The third-order valence-corrected chi connectivity index (χ3v) is 5.73. The van der Waals surface area contributed by atoms with E-state index in [0.29, 0.717) is 18.9 Å². The molecule has 0 aromatic heterocycles. The van der Waals surface area contributed by atoms with Gasteiger partial charge < -0.3 is 19.1 Å². The minimum Gasteiger partial charge on any atom is -0.492 e. The van der Waals surface area contributed by atoms with Crippen molar-refractivity contribution in [2.75, 3.05) is 25.7 Å². The van der Waals surface area contributed by atoms with E-state index in [1.54, 1.807) is 14.2 Å². The van der Waals surface area contributed by atoms with Crippen molar-refractivity contribution in [2.45, 2.75) is 38.8 Å². The van der Waals surface area contributed by atoms with E-state index in [2.05, 4.69) is 6.08 Å². The van der Waals surface area contributed by atoms with Gasteiger partial charge in [-0.2, -0.15) is 0 Å². The van der Waals surface area contributed by atoms with E-state index in [9.17, 15) is 4.79 Å². The molecule has 1 aliphatic carbocycles. The highest BCUT2D eigenvalue weighted by atomic mass is 16.5. The maximum absolute atomic E-state index is 13.3. The van der Waals surface area contributed by atoms with Crippen LogP contribution < -0.4 is 14.4 Å². The smallest absolute Gasteiger partial charge is 0.230 e. The number of anilines is 1. The minimum atomic E-state index is -0.411. The van der Waals surface area contributed by atoms with E-state index in [1.807, 2.05) is 73.4 Å². The van der Waals surface area contributed by atoms with Gasteiger partial charge >= 0.3 is 0 Å². The highest BCUT2D eigenvalue weighted by molar-refractivity contribution is 5.96. The second kappa shape index (κ2) is 9.21. The summed E-state index contributed by atoms with van der Waals surface area (Å²) in [6.07, 6.45) is 9.98. The fourth-order valence-corrected chi connectivity index (χ4v) is 3.89. The summed E-state index contributed by atoms with van der Waals surface area (Å²) in [5.41, 5.74) is 3.40. The fraction of sp³-hybridized carbons (Fsp3) is 0.370. The van der Waals surface area contributed by atoms with Crippen LogP contribution in [0.1, 0.15) is 43.4 Å². The molecular weight excluding hydrogens is 402 g/mol. The van der Waals surface area contributed by atoms with Gasteiger partial charge in [-0.15, -0.1) is 0 Å². The summed E-state index contributed by atoms with van der Waals surface area (Å²) in [6.45, 7) is 5.00. The van der Waals surface area contributed by atoms with E-state index in [4.69, 9.17) is 14.2 Å². The molecule has 0 radical (unpaired) electrons. The summed E-state index contributed by atoms with van der Waals surface area (Å²) in [7, 11) is 3.32. The fourth-order valence-electron chi connectivity index (χ4n) is 3.89. The molecule has 5 heteroatoms. The molecule has 1 amide bonds. The highest BCUT2D eigenvalue weighted by Crippen LogP contribution is 2.42. The van der Waals surface area contributed by atoms with Crippen LogP contribution in [0.25, 0.3) is 12.2 Å². The predicted molar refractivity (Wildman–Crippen MR) is 128 cm³/mol. The van der Waals surface area contributed by atoms with E-state index < -0.39 is 5.60 Å². The average molecular weight is 434 g/mol. The van der Waals surface area contributed by atoms with Crippen LogP contribution in [0.2, 0.25) is 0 Å². The summed E-state index contributed by atoms with van der Waals surface area (Å²) in [5.74, 6) is 1.67. The summed E-state index contributed by atoms with van der Waals surface area (Å²) in [6, 6.07) is 12.1. The van der Waals surface area contributed by atoms with Gasteiger partial charge in [0.05, 0.1) is 20.3 Å². The largest absolute Gasteiger partial charge is 0.492 e. The lowest BCUT2D eigenvalue weighted by atomic mass is 9.99. The Morgan fingerprint density at radius 2 is 2.03 bits per heavy atom. The number of benzene rings is 2. The Labute approximate surface area is 190 Å².